The molecule has 1 aromatic carbocycles. The molecule has 1 N–H and O–H groups in total. The van der Waals surface area contributed by atoms with E-state index in [9.17, 15) is 0 Å². The highest BCUT2D eigenvalue weighted by atomic mass is 15.2. The molecule has 1 aromatic heterocycles. The number of nitrogens with zero attached hydrogens (tertiary/aromatic N) is 2. The standard InChI is InChI=1S/C17H25N3/c1-17(2,3)12-20(5)16-10-13(11-18-4)14-8-6-7-9-15(14)19-16/h6-10,18H,11-12H2,1-5H3. The Morgan fingerprint density at radius 1 is 1.20 bits per heavy atom. The SMILES string of the molecule is CNCc1cc(N(C)CC(C)(C)C)nc2ccccc12. The van der Waals surface area contributed by atoms with Crippen LogP contribution in [0.5, 0.6) is 0 Å². The highest BCUT2D eigenvalue weighted by Crippen LogP contribution is 2.24. The van der Waals surface area contributed by atoms with Gasteiger partial charge in [0.15, 0.2) is 0 Å². The Labute approximate surface area is 122 Å². The van der Waals surface area contributed by atoms with Crippen molar-refractivity contribution in [1.82, 2.24) is 10.3 Å². The van der Waals surface area contributed by atoms with Gasteiger partial charge in [-0.3, -0.25) is 0 Å². The molecule has 1 heterocycles. The van der Waals surface area contributed by atoms with Gasteiger partial charge in [-0.25, -0.2) is 4.98 Å². The number of hydrogen-bond acceptors (Lipinski definition) is 3. The summed E-state index contributed by atoms with van der Waals surface area (Å²) >= 11 is 0. The summed E-state index contributed by atoms with van der Waals surface area (Å²) in [5.41, 5.74) is 2.62. The highest BCUT2D eigenvalue weighted by molar-refractivity contribution is 5.84. The van der Waals surface area contributed by atoms with Gasteiger partial charge in [0.2, 0.25) is 0 Å². The van der Waals surface area contributed by atoms with E-state index >= 15 is 0 Å². The van der Waals surface area contributed by atoms with Crippen molar-refractivity contribution in [1.29, 1.82) is 0 Å². The van der Waals surface area contributed by atoms with E-state index < -0.39 is 0 Å². The van der Waals surface area contributed by atoms with Crippen molar-refractivity contribution in [3.63, 3.8) is 0 Å². The minimum absolute atomic E-state index is 0.255. The van der Waals surface area contributed by atoms with Crippen LogP contribution in [0.2, 0.25) is 0 Å². The van der Waals surface area contributed by atoms with E-state index in [-0.39, 0.29) is 5.41 Å². The molecule has 0 saturated carbocycles. The average molecular weight is 271 g/mol. The number of benzene rings is 1. The van der Waals surface area contributed by atoms with Crippen LogP contribution in [0.3, 0.4) is 0 Å². The lowest BCUT2D eigenvalue weighted by Crippen LogP contribution is -2.29. The zero-order valence-electron chi connectivity index (χ0n) is 13.2. The maximum atomic E-state index is 4.80. The number of para-hydroxylation sites is 1. The van der Waals surface area contributed by atoms with Crippen molar-refractivity contribution in [2.24, 2.45) is 5.41 Å². The van der Waals surface area contributed by atoms with Gasteiger partial charge in [0.1, 0.15) is 5.82 Å². The summed E-state index contributed by atoms with van der Waals surface area (Å²) in [5.74, 6) is 1.05. The first-order valence-electron chi connectivity index (χ1n) is 7.15. The van der Waals surface area contributed by atoms with Crippen molar-refractivity contribution in [2.75, 3.05) is 25.5 Å². The Morgan fingerprint density at radius 3 is 2.55 bits per heavy atom. The smallest absolute Gasteiger partial charge is 0.129 e. The summed E-state index contributed by atoms with van der Waals surface area (Å²) in [5, 5.41) is 4.48. The first-order valence-corrected chi connectivity index (χ1v) is 7.15. The largest absolute Gasteiger partial charge is 0.359 e. The second kappa shape index (κ2) is 5.80. The second-order valence-electron chi connectivity index (χ2n) is 6.60. The summed E-state index contributed by atoms with van der Waals surface area (Å²) < 4.78 is 0. The quantitative estimate of drug-likeness (QED) is 0.923. The zero-order chi connectivity index (χ0) is 14.8. The van der Waals surface area contributed by atoms with E-state index in [1.165, 1.54) is 10.9 Å². The first-order chi connectivity index (χ1) is 9.40. The van der Waals surface area contributed by atoms with Gasteiger partial charge < -0.3 is 10.2 Å². The van der Waals surface area contributed by atoms with Crippen LogP contribution in [-0.2, 0) is 6.54 Å². The molecule has 3 nitrogen and oxygen atoms in total. The second-order valence-corrected chi connectivity index (χ2v) is 6.60. The molecule has 0 radical (unpaired) electrons. The molecule has 0 aliphatic carbocycles. The fourth-order valence-corrected chi connectivity index (χ4v) is 2.56. The highest BCUT2D eigenvalue weighted by Gasteiger charge is 2.16. The predicted octanol–water partition coefficient (Wildman–Crippen LogP) is 3.44. The Bertz CT molecular complexity index is 584. The van der Waals surface area contributed by atoms with Gasteiger partial charge in [-0.1, -0.05) is 39.0 Å². The Kier molecular flexibility index (Phi) is 4.29. The lowest BCUT2D eigenvalue weighted by molar-refractivity contribution is 0.418. The molecule has 0 spiro atoms. The van der Waals surface area contributed by atoms with Gasteiger partial charge >= 0.3 is 0 Å². The van der Waals surface area contributed by atoms with Crippen molar-refractivity contribution >= 4 is 16.7 Å². The van der Waals surface area contributed by atoms with Gasteiger partial charge in [-0.05, 0) is 30.2 Å². The Hall–Kier alpha value is -1.61. The molecule has 0 aliphatic heterocycles. The van der Waals surface area contributed by atoms with E-state index in [1.54, 1.807) is 0 Å². The average Bonchev–Trinajstić information content (AvgIpc) is 2.37. The summed E-state index contributed by atoms with van der Waals surface area (Å²) in [4.78, 5) is 7.04. The fourth-order valence-electron chi connectivity index (χ4n) is 2.56. The van der Waals surface area contributed by atoms with Crippen LogP contribution in [0, 0.1) is 5.41 Å². The number of aromatic nitrogens is 1. The number of nitrogens with one attached hydrogen (secondary N) is 1. The van der Waals surface area contributed by atoms with Crippen LogP contribution in [0.4, 0.5) is 5.82 Å². The number of hydrogen-bond donors (Lipinski definition) is 1. The maximum absolute atomic E-state index is 4.80. The van der Waals surface area contributed by atoms with E-state index in [4.69, 9.17) is 4.98 Å². The topological polar surface area (TPSA) is 28.2 Å². The molecule has 0 amide bonds. The maximum Gasteiger partial charge on any atom is 0.129 e. The molecule has 0 fully saturated rings. The lowest BCUT2D eigenvalue weighted by atomic mass is 9.96. The summed E-state index contributed by atoms with van der Waals surface area (Å²) in [6, 6.07) is 10.5. The molecule has 20 heavy (non-hydrogen) atoms. The molecular weight excluding hydrogens is 246 g/mol. The van der Waals surface area contributed by atoms with Crippen LogP contribution in [-0.4, -0.2) is 25.6 Å². The summed E-state index contributed by atoms with van der Waals surface area (Å²) in [7, 11) is 4.10. The summed E-state index contributed by atoms with van der Waals surface area (Å²) in [6.45, 7) is 8.59. The van der Waals surface area contributed by atoms with Crippen molar-refractivity contribution in [3.8, 4) is 0 Å². The van der Waals surface area contributed by atoms with Crippen molar-refractivity contribution < 1.29 is 0 Å². The van der Waals surface area contributed by atoms with Gasteiger partial charge in [0, 0.05) is 25.5 Å². The minimum Gasteiger partial charge on any atom is -0.359 e. The molecule has 2 aromatic rings. The monoisotopic (exact) mass is 271 g/mol. The Morgan fingerprint density at radius 2 is 1.90 bits per heavy atom. The van der Waals surface area contributed by atoms with Crippen LogP contribution in [0.1, 0.15) is 26.3 Å². The van der Waals surface area contributed by atoms with Crippen LogP contribution < -0.4 is 10.2 Å². The molecule has 0 unspecified atom stereocenters. The third-order valence-electron chi connectivity index (χ3n) is 3.26. The van der Waals surface area contributed by atoms with Crippen molar-refractivity contribution in [3.05, 3.63) is 35.9 Å². The number of fused-ring (bicyclic) bond motifs is 1. The summed E-state index contributed by atoms with van der Waals surface area (Å²) in [6.07, 6.45) is 0. The molecule has 0 saturated heterocycles. The van der Waals surface area contributed by atoms with Crippen LogP contribution >= 0.6 is 0 Å². The zero-order valence-corrected chi connectivity index (χ0v) is 13.2. The van der Waals surface area contributed by atoms with Gasteiger partial charge in [-0.2, -0.15) is 0 Å². The normalized spacial score (nSPS) is 11.8. The van der Waals surface area contributed by atoms with Gasteiger partial charge in [0.25, 0.3) is 0 Å². The molecule has 108 valence electrons. The van der Waals surface area contributed by atoms with E-state index in [0.29, 0.717) is 0 Å². The van der Waals surface area contributed by atoms with Crippen LogP contribution in [0.15, 0.2) is 30.3 Å². The first kappa shape index (κ1) is 14.8. The predicted molar refractivity (Wildman–Crippen MR) is 87.2 cm³/mol. The third kappa shape index (κ3) is 3.48. The minimum atomic E-state index is 0.255. The molecule has 0 aliphatic rings. The number of rotatable bonds is 4. The number of pyridine rings is 1. The van der Waals surface area contributed by atoms with Crippen LogP contribution in [0.25, 0.3) is 10.9 Å². The van der Waals surface area contributed by atoms with E-state index in [2.05, 4.69) is 62.3 Å². The molecule has 0 atom stereocenters. The molecule has 2 rings (SSSR count). The van der Waals surface area contributed by atoms with E-state index in [0.717, 1.165) is 24.4 Å². The molecule has 3 heteroatoms. The lowest BCUT2D eigenvalue weighted by Gasteiger charge is -2.28. The van der Waals surface area contributed by atoms with E-state index in [1.807, 2.05) is 13.1 Å². The van der Waals surface area contributed by atoms with Crippen molar-refractivity contribution in [2.45, 2.75) is 27.3 Å². The Balaban J connectivity index is 2.44. The van der Waals surface area contributed by atoms with Gasteiger partial charge in [0.05, 0.1) is 5.52 Å². The molecular formula is C17H25N3. The number of anilines is 1. The van der Waals surface area contributed by atoms with Gasteiger partial charge in [-0.15, -0.1) is 0 Å². The molecule has 0 bridgehead atoms. The third-order valence-corrected chi connectivity index (χ3v) is 3.26. The fraction of sp³-hybridized carbons (Fsp3) is 0.471.